The van der Waals surface area contributed by atoms with Crippen LogP contribution in [0.15, 0.2) is 57.9 Å². The lowest BCUT2D eigenvalue weighted by molar-refractivity contribution is 0.0398. The molecule has 4 heterocycles. The molecule has 45 heavy (non-hydrogen) atoms. The number of pyridine rings is 1. The van der Waals surface area contributed by atoms with Gasteiger partial charge in [-0.15, -0.1) is 0 Å². The number of morpholine rings is 1. The molecule has 1 saturated heterocycles. The molecular weight excluding hydrogens is 577 g/mol. The highest BCUT2D eigenvalue weighted by molar-refractivity contribution is 6.07. The van der Waals surface area contributed by atoms with Crippen LogP contribution < -0.4 is 20.8 Å². The number of carbonyl (C=O) groups is 1. The van der Waals surface area contributed by atoms with Crippen LogP contribution in [-0.4, -0.2) is 86.9 Å². The molecule has 10 nitrogen and oxygen atoms in total. The van der Waals surface area contributed by atoms with Gasteiger partial charge in [-0.05, 0) is 51.7 Å². The van der Waals surface area contributed by atoms with Gasteiger partial charge in [0.1, 0.15) is 27.9 Å². The van der Waals surface area contributed by atoms with Crippen molar-refractivity contribution in [3.63, 3.8) is 0 Å². The second kappa shape index (κ2) is 12.2. The number of unbranched alkanes of at least 4 members (excludes halogenated alkanes) is 1. The highest BCUT2D eigenvalue weighted by atomic mass is 19.1. The summed E-state index contributed by atoms with van der Waals surface area (Å²) in [5, 5.41) is 7.95. The van der Waals surface area contributed by atoms with E-state index in [1.807, 2.05) is 50.5 Å². The molecule has 2 aliphatic rings. The summed E-state index contributed by atoms with van der Waals surface area (Å²) < 4.78 is 35.7. The summed E-state index contributed by atoms with van der Waals surface area (Å²) >= 11 is 0. The molecule has 2 aliphatic heterocycles. The molecule has 0 radical (unpaired) electrons. The number of benzene rings is 3. The van der Waals surface area contributed by atoms with Gasteiger partial charge in [0, 0.05) is 55.8 Å². The lowest BCUT2D eigenvalue weighted by atomic mass is 10.0. The van der Waals surface area contributed by atoms with Crippen LogP contribution in [0.4, 0.5) is 10.1 Å². The standard InChI is InChI=1S/C34H36FN5O5/c1-38(2)11-6-5-9-37-34(42)24-20-40-26-19-28-22(21-7-3-4-8-27(21)44-28)18-29(26)45-33-30(25(35)17-23(31(33)40)32(24)41)36-10-12-39-13-15-43-16-14-39/h3-4,7-8,17-20,36H,5-6,9-16H2,1-2H3,(H,37,42). The second-order valence-electron chi connectivity index (χ2n) is 11.9. The topological polar surface area (TPSA) is 101 Å². The fraction of sp³-hybridized carbons (Fsp3) is 0.353. The summed E-state index contributed by atoms with van der Waals surface area (Å²) in [7, 11) is 4.00. The van der Waals surface area contributed by atoms with Crippen LogP contribution in [0.1, 0.15) is 23.2 Å². The number of fused-ring (bicyclic) bond motifs is 5. The fourth-order valence-electron chi connectivity index (χ4n) is 6.18. The van der Waals surface area contributed by atoms with Gasteiger partial charge in [0.2, 0.25) is 5.43 Å². The lowest BCUT2D eigenvalue weighted by Gasteiger charge is -2.28. The molecule has 0 atom stereocenters. The maximum Gasteiger partial charge on any atom is 0.256 e. The second-order valence-corrected chi connectivity index (χ2v) is 11.9. The van der Waals surface area contributed by atoms with Gasteiger partial charge in [0.15, 0.2) is 17.3 Å². The van der Waals surface area contributed by atoms with Gasteiger partial charge in [0.05, 0.1) is 24.3 Å². The van der Waals surface area contributed by atoms with E-state index in [1.54, 1.807) is 4.57 Å². The molecule has 0 aliphatic carbocycles. The highest BCUT2D eigenvalue weighted by Gasteiger charge is 2.29. The quantitative estimate of drug-likeness (QED) is 0.210. The van der Waals surface area contributed by atoms with Crippen molar-refractivity contribution in [3.8, 4) is 17.2 Å². The van der Waals surface area contributed by atoms with E-state index in [0.717, 1.165) is 48.8 Å². The Morgan fingerprint density at radius 2 is 1.82 bits per heavy atom. The predicted molar refractivity (Wildman–Crippen MR) is 173 cm³/mol. The molecule has 11 heteroatoms. The zero-order valence-electron chi connectivity index (χ0n) is 25.5. The Morgan fingerprint density at radius 3 is 2.64 bits per heavy atom. The van der Waals surface area contributed by atoms with Crippen LogP contribution in [0.5, 0.6) is 11.5 Å². The Labute approximate surface area is 259 Å². The Morgan fingerprint density at radius 1 is 1.00 bits per heavy atom. The molecule has 234 valence electrons. The van der Waals surface area contributed by atoms with Crippen LogP contribution in [-0.2, 0) is 4.74 Å². The number of nitrogens with zero attached hydrogens (tertiary/aromatic N) is 3. The van der Waals surface area contributed by atoms with Crippen molar-refractivity contribution in [1.82, 2.24) is 19.7 Å². The summed E-state index contributed by atoms with van der Waals surface area (Å²) in [5.41, 5.74) is 1.89. The van der Waals surface area contributed by atoms with Gasteiger partial charge in [0.25, 0.3) is 5.91 Å². The minimum atomic E-state index is -0.623. The van der Waals surface area contributed by atoms with Crippen LogP contribution in [0.25, 0.3) is 38.5 Å². The van der Waals surface area contributed by atoms with Crippen LogP contribution in [0, 0.1) is 5.82 Å². The summed E-state index contributed by atoms with van der Waals surface area (Å²) in [6.07, 6.45) is 3.21. The van der Waals surface area contributed by atoms with E-state index in [0.29, 0.717) is 55.4 Å². The van der Waals surface area contributed by atoms with E-state index in [9.17, 15) is 9.59 Å². The zero-order valence-corrected chi connectivity index (χ0v) is 25.5. The molecular formula is C34H36FN5O5. The first-order chi connectivity index (χ1) is 21.9. The minimum absolute atomic E-state index is 0.0639. The Bertz CT molecular complexity index is 1980. The summed E-state index contributed by atoms with van der Waals surface area (Å²) in [5.74, 6) is -0.451. The molecule has 1 fully saturated rings. The summed E-state index contributed by atoms with van der Waals surface area (Å²) in [4.78, 5) is 31.4. The molecule has 2 N–H and O–H groups in total. The molecule has 7 rings (SSSR count). The SMILES string of the molecule is CN(C)CCCCNC(=O)c1cn2c3c(c(NCCN4CCOCC4)c(F)cc3c1=O)Oc1cc3c(cc1-2)oc1ccccc13. The molecule has 1 amide bonds. The van der Waals surface area contributed by atoms with E-state index < -0.39 is 17.2 Å². The monoisotopic (exact) mass is 613 g/mol. The van der Waals surface area contributed by atoms with Gasteiger partial charge in [-0.1, -0.05) is 18.2 Å². The lowest BCUT2D eigenvalue weighted by Crippen LogP contribution is -2.39. The van der Waals surface area contributed by atoms with Crippen molar-refractivity contribution >= 4 is 44.4 Å². The van der Waals surface area contributed by atoms with Crippen LogP contribution in [0.3, 0.4) is 0 Å². The van der Waals surface area contributed by atoms with Gasteiger partial charge < -0.3 is 34.0 Å². The third kappa shape index (κ3) is 5.52. The normalized spacial score (nSPS) is 14.7. The van der Waals surface area contributed by atoms with Crippen molar-refractivity contribution in [1.29, 1.82) is 0 Å². The van der Waals surface area contributed by atoms with Crippen molar-refractivity contribution in [2.24, 2.45) is 0 Å². The third-order valence-electron chi connectivity index (χ3n) is 8.52. The van der Waals surface area contributed by atoms with Crippen molar-refractivity contribution in [2.75, 3.05) is 71.9 Å². The first kappa shape index (κ1) is 29.3. The van der Waals surface area contributed by atoms with Crippen molar-refractivity contribution in [2.45, 2.75) is 12.8 Å². The van der Waals surface area contributed by atoms with Gasteiger partial charge >= 0.3 is 0 Å². The number of carbonyl (C=O) groups excluding carboxylic acids is 1. The van der Waals surface area contributed by atoms with Crippen LogP contribution in [0.2, 0.25) is 0 Å². The average Bonchev–Trinajstić information content (AvgIpc) is 3.40. The smallest absolute Gasteiger partial charge is 0.256 e. The van der Waals surface area contributed by atoms with Crippen molar-refractivity contribution in [3.05, 3.63) is 70.3 Å². The first-order valence-electron chi connectivity index (χ1n) is 15.4. The predicted octanol–water partition coefficient (Wildman–Crippen LogP) is 4.95. The number of aromatic nitrogens is 1. The molecule has 0 saturated carbocycles. The van der Waals surface area contributed by atoms with E-state index in [2.05, 4.69) is 20.4 Å². The Kier molecular flexibility index (Phi) is 7.90. The van der Waals surface area contributed by atoms with Gasteiger partial charge in [-0.2, -0.15) is 0 Å². The Balaban J connectivity index is 1.32. The average molecular weight is 614 g/mol. The molecule has 5 aromatic rings. The van der Waals surface area contributed by atoms with Crippen molar-refractivity contribution < 1.29 is 23.1 Å². The number of halogens is 1. The summed E-state index contributed by atoms with van der Waals surface area (Å²) in [6.45, 7) is 5.45. The van der Waals surface area contributed by atoms with Gasteiger partial charge in [-0.25, -0.2) is 4.39 Å². The van der Waals surface area contributed by atoms with Gasteiger partial charge in [-0.3, -0.25) is 14.5 Å². The number of anilines is 1. The fourth-order valence-corrected chi connectivity index (χ4v) is 6.18. The third-order valence-corrected chi connectivity index (χ3v) is 8.52. The van der Waals surface area contributed by atoms with Crippen LogP contribution >= 0.6 is 0 Å². The maximum absolute atomic E-state index is 15.9. The summed E-state index contributed by atoms with van der Waals surface area (Å²) in [6, 6.07) is 12.6. The zero-order chi connectivity index (χ0) is 31.1. The number of hydrogen-bond acceptors (Lipinski definition) is 8. The number of hydrogen-bond donors (Lipinski definition) is 2. The van der Waals surface area contributed by atoms with E-state index in [1.165, 1.54) is 12.3 Å². The van der Waals surface area contributed by atoms with E-state index >= 15 is 4.39 Å². The Hall–Kier alpha value is -4.45. The number of amides is 1. The number of rotatable bonds is 10. The number of furan rings is 1. The highest BCUT2D eigenvalue weighted by Crippen LogP contribution is 2.47. The van der Waals surface area contributed by atoms with E-state index in [-0.39, 0.29) is 22.4 Å². The first-order valence-corrected chi connectivity index (χ1v) is 15.4. The largest absolute Gasteiger partial charge is 0.456 e. The molecule has 2 aromatic heterocycles. The molecule has 0 unspecified atom stereocenters. The number of para-hydroxylation sites is 1. The minimum Gasteiger partial charge on any atom is -0.456 e. The number of nitrogens with one attached hydrogen (secondary N) is 2. The number of ether oxygens (including phenoxy) is 2. The van der Waals surface area contributed by atoms with E-state index in [4.69, 9.17) is 13.9 Å². The maximum atomic E-state index is 15.9. The molecule has 0 bridgehead atoms. The molecule has 3 aromatic carbocycles. The molecule has 0 spiro atoms.